The molecule has 1 aliphatic heterocycles. The second-order valence-corrected chi connectivity index (χ2v) is 9.01. The summed E-state index contributed by atoms with van der Waals surface area (Å²) in [6.07, 6.45) is -9.78. The number of halogens is 7. The number of hydrogen-bond acceptors (Lipinski definition) is 5. The molecule has 1 amide bonds. The lowest BCUT2D eigenvalue weighted by Gasteiger charge is -2.27. The summed E-state index contributed by atoms with van der Waals surface area (Å²) in [6, 6.07) is 4.42. The second kappa shape index (κ2) is 11.3. The molecule has 1 fully saturated rings. The van der Waals surface area contributed by atoms with Crippen LogP contribution in [0, 0.1) is 5.82 Å². The van der Waals surface area contributed by atoms with Gasteiger partial charge in [-0.3, -0.25) is 18.9 Å². The van der Waals surface area contributed by atoms with Crippen molar-refractivity contribution >= 4 is 11.8 Å². The van der Waals surface area contributed by atoms with Crippen LogP contribution in [0.3, 0.4) is 0 Å². The van der Waals surface area contributed by atoms with Crippen LogP contribution in [-0.2, 0) is 18.9 Å². The average Bonchev–Trinajstić information content (AvgIpc) is 3.26. The molecule has 2 aromatic carbocycles. The van der Waals surface area contributed by atoms with E-state index in [1.807, 2.05) is 4.90 Å². The summed E-state index contributed by atoms with van der Waals surface area (Å²) in [5, 5.41) is 3.17. The van der Waals surface area contributed by atoms with Crippen LogP contribution in [0.1, 0.15) is 11.1 Å². The molecule has 1 saturated heterocycles. The summed E-state index contributed by atoms with van der Waals surface area (Å²) in [6.45, 7) is 3.44. The first-order valence-electron chi connectivity index (χ1n) is 12.0. The van der Waals surface area contributed by atoms with E-state index in [0.29, 0.717) is 30.3 Å². The quantitative estimate of drug-likeness (QED) is 0.443. The Balaban J connectivity index is 1.77. The number of aromatic nitrogens is 2. The number of anilines is 1. The third kappa shape index (κ3) is 6.47. The Bertz CT molecular complexity index is 1410. The van der Waals surface area contributed by atoms with E-state index >= 15 is 0 Å². The molecule has 216 valence electrons. The van der Waals surface area contributed by atoms with Gasteiger partial charge >= 0.3 is 24.1 Å². The van der Waals surface area contributed by atoms with Gasteiger partial charge in [-0.05, 0) is 36.4 Å². The average molecular weight is 575 g/mol. The Morgan fingerprint density at radius 1 is 0.975 bits per heavy atom. The monoisotopic (exact) mass is 575 g/mol. The van der Waals surface area contributed by atoms with Gasteiger partial charge in [-0.25, -0.2) is 14.0 Å². The van der Waals surface area contributed by atoms with Crippen molar-refractivity contribution in [2.24, 2.45) is 0 Å². The number of imidazole rings is 1. The minimum Gasteiger partial charge on any atom is -0.407 e. The number of hydrogen-bond donors (Lipinski definition) is 1. The highest BCUT2D eigenvalue weighted by Crippen LogP contribution is 2.44. The maximum atomic E-state index is 14.0. The van der Waals surface area contributed by atoms with Crippen molar-refractivity contribution in [1.29, 1.82) is 0 Å². The fourth-order valence-electron chi connectivity index (χ4n) is 4.15. The SMILES string of the molecule is CN(C(=O)Oc1c(-n2ccn(CCN3CCNCC3)c2=O)cc(C(F)(F)F)cc1C(F)(F)F)c1ccc(F)cc1. The highest BCUT2D eigenvalue weighted by Gasteiger charge is 2.42. The van der Waals surface area contributed by atoms with Crippen LogP contribution in [0.2, 0.25) is 0 Å². The first-order valence-corrected chi connectivity index (χ1v) is 12.0. The van der Waals surface area contributed by atoms with Gasteiger partial charge in [-0.2, -0.15) is 26.3 Å². The number of alkyl halides is 6. The molecule has 2 heterocycles. The molecular weight excluding hydrogens is 551 g/mol. The van der Waals surface area contributed by atoms with Crippen molar-refractivity contribution < 1.29 is 40.3 Å². The molecule has 0 spiro atoms. The number of piperazine rings is 1. The van der Waals surface area contributed by atoms with Gasteiger partial charge in [0.05, 0.1) is 11.3 Å². The standard InChI is InChI=1S/C25H24F7N5O3/c1-34(18-4-2-17(26)3-5-18)23(39)40-21-19(25(30,31)32)14-16(24(27,28)29)15-20(21)37-13-12-36(22(37)38)11-10-35-8-6-33-7-9-35/h2-5,12-15,33H,6-11H2,1H3. The minimum atomic E-state index is -5.39. The molecule has 0 unspecified atom stereocenters. The Morgan fingerprint density at radius 2 is 1.62 bits per heavy atom. The fourth-order valence-corrected chi connectivity index (χ4v) is 4.15. The lowest BCUT2D eigenvalue weighted by Crippen LogP contribution is -2.45. The lowest BCUT2D eigenvalue weighted by atomic mass is 10.1. The summed E-state index contributed by atoms with van der Waals surface area (Å²) < 4.78 is 103. The second-order valence-electron chi connectivity index (χ2n) is 9.01. The van der Waals surface area contributed by atoms with Crippen LogP contribution in [-0.4, -0.2) is 59.9 Å². The number of ether oxygens (including phenoxy) is 1. The Hall–Kier alpha value is -3.85. The predicted octanol–water partition coefficient (Wildman–Crippen LogP) is 4.36. The summed E-state index contributed by atoms with van der Waals surface area (Å²) in [7, 11) is 1.12. The van der Waals surface area contributed by atoms with Crippen LogP contribution >= 0.6 is 0 Å². The molecule has 8 nitrogen and oxygen atoms in total. The first kappa shape index (κ1) is 29.1. The van der Waals surface area contributed by atoms with Crippen LogP contribution in [0.15, 0.2) is 53.6 Å². The first-order chi connectivity index (χ1) is 18.8. The predicted molar refractivity (Wildman–Crippen MR) is 130 cm³/mol. The van der Waals surface area contributed by atoms with Crippen LogP contribution in [0.25, 0.3) is 5.69 Å². The zero-order valence-electron chi connectivity index (χ0n) is 21.0. The van der Waals surface area contributed by atoms with E-state index in [-0.39, 0.29) is 18.3 Å². The number of rotatable bonds is 6. The van der Waals surface area contributed by atoms with Crippen molar-refractivity contribution in [1.82, 2.24) is 19.4 Å². The minimum absolute atomic E-state index is 0.0321. The van der Waals surface area contributed by atoms with Crippen molar-refractivity contribution in [2.75, 3.05) is 44.7 Å². The molecule has 0 atom stereocenters. The number of nitrogens with one attached hydrogen (secondary N) is 1. The van der Waals surface area contributed by atoms with E-state index in [1.54, 1.807) is 0 Å². The Morgan fingerprint density at radius 3 is 2.23 bits per heavy atom. The number of carbonyl (C=O) groups excluding carboxylic acids is 1. The van der Waals surface area contributed by atoms with Gasteiger partial charge in [-0.1, -0.05) is 0 Å². The number of carbonyl (C=O) groups is 1. The zero-order chi connectivity index (χ0) is 29.2. The Labute approximate surface area is 223 Å². The maximum Gasteiger partial charge on any atom is 0.420 e. The number of nitrogens with zero attached hydrogens (tertiary/aromatic N) is 4. The molecule has 40 heavy (non-hydrogen) atoms. The summed E-state index contributed by atoms with van der Waals surface area (Å²) >= 11 is 0. The number of benzene rings is 2. The molecule has 0 saturated carbocycles. The van der Waals surface area contributed by atoms with Crippen molar-refractivity contribution in [3.8, 4) is 11.4 Å². The zero-order valence-corrected chi connectivity index (χ0v) is 21.0. The third-order valence-corrected chi connectivity index (χ3v) is 6.35. The smallest absolute Gasteiger partial charge is 0.407 e. The van der Waals surface area contributed by atoms with Gasteiger partial charge in [0.2, 0.25) is 0 Å². The van der Waals surface area contributed by atoms with E-state index in [4.69, 9.17) is 4.74 Å². The lowest BCUT2D eigenvalue weighted by molar-refractivity contribution is -0.143. The number of amides is 1. The summed E-state index contributed by atoms with van der Waals surface area (Å²) in [5.74, 6) is -1.93. The summed E-state index contributed by atoms with van der Waals surface area (Å²) in [4.78, 5) is 28.7. The molecule has 4 rings (SSSR count). The third-order valence-electron chi connectivity index (χ3n) is 6.35. The normalized spacial score (nSPS) is 14.8. The molecule has 0 radical (unpaired) electrons. The van der Waals surface area contributed by atoms with Gasteiger partial charge in [0, 0.05) is 64.4 Å². The molecular formula is C25H24F7N5O3. The van der Waals surface area contributed by atoms with E-state index in [9.17, 15) is 40.3 Å². The van der Waals surface area contributed by atoms with Crippen LogP contribution < -0.4 is 20.6 Å². The van der Waals surface area contributed by atoms with Gasteiger partial charge in [0.1, 0.15) is 11.4 Å². The molecule has 3 aromatic rings. The molecule has 0 aliphatic carbocycles. The summed E-state index contributed by atoms with van der Waals surface area (Å²) in [5.41, 5.74) is -5.41. The molecule has 1 aromatic heterocycles. The van der Waals surface area contributed by atoms with Crippen molar-refractivity contribution in [3.05, 3.63) is 76.2 Å². The highest BCUT2D eigenvalue weighted by molar-refractivity contribution is 5.89. The van der Waals surface area contributed by atoms with Gasteiger partial charge < -0.3 is 10.1 Å². The van der Waals surface area contributed by atoms with Crippen LogP contribution in [0.4, 0.5) is 41.2 Å². The highest BCUT2D eigenvalue weighted by atomic mass is 19.4. The van der Waals surface area contributed by atoms with E-state index in [1.165, 1.54) is 6.20 Å². The Kier molecular flexibility index (Phi) is 8.25. The van der Waals surface area contributed by atoms with Crippen molar-refractivity contribution in [2.45, 2.75) is 18.9 Å². The molecule has 15 heteroatoms. The maximum absolute atomic E-state index is 14.0. The fraction of sp³-hybridized carbons (Fsp3) is 0.360. The topological polar surface area (TPSA) is 71.7 Å². The van der Waals surface area contributed by atoms with Gasteiger partial charge in [-0.15, -0.1) is 0 Å². The van der Waals surface area contributed by atoms with Crippen LogP contribution in [0.5, 0.6) is 5.75 Å². The molecule has 1 aliphatic rings. The molecule has 0 bridgehead atoms. The molecule has 1 N–H and O–H groups in total. The van der Waals surface area contributed by atoms with E-state index in [2.05, 4.69) is 5.32 Å². The van der Waals surface area contributed by atoms with E-state index < -0.39 is 52.5 Å². The van der Waals surface area contributed by atoms with E-state index in [0.717, 1.165) is 60.1 Å². The largest absolute Gasteiger partial charge is 0.420 e. The van der Waals surface area contributed by atoms with Gasteiger partial charge in [0.25, 0.3) is 0 Å². The van der Waals surface area contributed by atoms with Crippen molar-refractivity contribution in [3.63, 3.8) is 0 Å². The van der Waals surface area contributed by atoms with Gasteiger partial charge in [0.15, 0.2) is 5.75 Å².